The van der Waals surface area contributed by atoms with Gasteiger partial charge in [0.15, 0.2) is 0 Å². The van der Waals surface area contributed by atoms with E-state index in [0.717, 1.165) is 76.6 Å². The second kappa shape index (κ2) is 6.58. The van der Waals surface area contributed by atoms with E-state index in [9.17, 15) is 4.79 Å². The first-order valence-electron chi connectivity index (χ1n) is 8.05. The molecule has 1 aromatic rings. The van der Waals surface area contributed by atoms with Crippen LogP contribution >= 0.6 is 0 Å². The molecule has 0 atom stereocenters. The lowest BCUT2D eigenvalue weighted by Gasteiger charge is -2.22. The summed E-state index contributed by atoms with van der Waals surface area (Å²) in [4.78, 5) is 24.1. The molecule has 116 valence electrons. The number of aromatic amines is 1. The van der Waals surface area contributed by atoms with E-state index in [1.54, 1.807) is 6.07 Å². The van der Waals surface area contributed by atoms with Gasteiger partial charge >= 0.3 is 0 Å². The molecule has 0 spiro atoms. The van der Waals surface area contributed by atoms with Crippen LogP contribution in [0.4, 0.5) is 5.82 Å². The normalized spacial score (nSPS) is 20.5. The van der Waals surface area contributed by atoms with Crippen molar-refractivity contribution in [3.05, 3.63) is 22.2 Å². The highest BCUT2D eigenvalue weighted by Crippen LogP contribution is 2.37. The molecule has 6 nitrogen and oxygen atoms in total. The van der Waals surface area contributed by atoms with Gasteiger partial charge in [0, 0.05) is 31.6 Å². The fourth-order valence-corrected chi connectivity index (χ4v) is 2.91. The predicted molar refractivity (Wildman–Crippen MR) is 83.8 cm³/mol. The molecule has 21 heavy (non-hydrogen) atoms. The molecule has 1 aliphatic heterocycles. The van der Waals surface area contributed by atoms with Gasteiger partial charge in [-0.25, -0.2) is 4.98 Å². The lowest BCUT2D eigenvalue weighted by molar-refractivity contribution is 0.291. The Kier molecular flexibility index (Phi) is 4.55. The molecule has 3 rings (SSSR count). The van der Waals surface area contributed by atoms with Crippen LogP contribution in [0.5, 0.6) is 0 Å². The van der Waals surface area contributed by atoms with Crippen LogP contribution in [0.3, 0.4) is 0 Å². The molecule has 2 fully saturated rings. The maximum absolute atomic E-state index is 11.8. The number of rotatable bonds is 5. The molecule has 0 aromatic carbocycles. The summed E-state index contributed by atoms with van der Waals surface area (Å²) >= 11 is 0. The Bertz CT molecular complexity index is 525. The summed E-state index contributed by atoms with van der Waals surface area (Å²) in [5.41, 5.74) is 5.56. The standard InChI is InChI=1S/C15H25N5O/c16-5-1-6-19-7-2-8-20(10-9-19)13-11-14(21)18-15(17-13)12-3-4-12/h11-12H,1-10,16H2,(H,17,18,21). The zero-order valence-electron chi connectivity index (χ0n) is 12.6. The number of nitrogens with two attached hydrogens (primary N) is 1. The summed E-state index contributed by atoms with van der Waals surface area (Å²) in [5.74, 6) is 2.20. The molecule has 0 unspecified atom stereocenters. The number of anilines is 1. The van der Waals surface area contributed by atoms with Gasteiger partial charge in [0.1, 0.15) is 11.6 Å². The zero-order valence-corrected chi connectivity index (χ0v) is 12.6. The first-order chi connectivity index (χ1) is 10.3. The van der Waals surface area contributed by atoms with Crippen molar-refractivity contribution in [3.63, 3.8) is 0 Å². The van der Waals surface area contributed by atoms with Crippen molar-refractivity contribution in [2.45, 2.75) is 31.6 Å². The van der Waals surface area contributed by atoms with Crippen molar-refractivity contribution in [1.82, 2.24) is 14.9 Å². The van der Waals surface area contributed by atoms with Crippen LogP contribution in [0.1, 0.15) is 37.4 Å². The quantitative estimate of drug-likeness (QED) is 0.826. The Morgan fingerprint density at radius 1 is 1.29 bits per heavy atom. The molecule has 1 saturated heterocycles. The van der Waals surface area contributed by atoms with Gasteiger partial charge < -0.3 is 20.5 Å². The monoisotopic (exact) mass is 291 g/mol. The number of hydrogen-bond acceptors (Lipinski definition) is 5. The van der Waals surface area contributed by atoms with E-state index in [1.807, 2.05) is 0 Å². The first-order valence-corrected chi connectivity index (χ1v) is 8.05. The van der Waals surface area contributed by atoms with E-state index in [-0.39, 0.29) is 5.56 Å². The van der Waals surface area contributed by atoms with Gasteiger partial charge in [0.2, 0.25) is 0 Å². The van der Waals surface area contributed by atoms with Gasteiger partial charge in [-0.15, -0.1) is 0 Å². The summed E-state index contributed by atoms with van der Waals surface area (Å²) < 4.78 is 0. The Morgan fingerprint density at radius 2 is 2.14 bits per heavy atom. The molecule has 1 aromatic heterocycles. The smallest absolute Gasteiger partial charge is 0.252 e. The number of nitrogens with zero attached hydrogens (tertiary/aromatic N) is 3. The van der Waals surface area contributed by atoms with Crippen molar-refractivity contribution in [2.75, 3.05) is 44.2 Å². The van der Waals surface area contributed by atoms with Crippen LogP contribution in [0, 0.1) is 0 Å². The van der Waals surface area contributed by atoms with Gasteiger partial charge in [-0.2, -0.15) is 0 Å². The number of aromatic nitrogens is 2. The average molecular weight is 291 g/mol. The van der Waals surface area contributed by atoms with Gasteiger partial charge in [-0.05, 0) is 45.3 Å². The molecule has 1 saturated carbocycles. The minimum absolute atomic E-state index is 0.0221. The molecule has 3 N–H and O–H groups in total. The second-order valence-electron chi connectivity index (χ2n) is 6.09. The SMILES string of the molecule is NCCCN1CCCN(c2cc(=O)[nH]c(C3CC3)n2)CC1. The van der Waals surface area contributed by atoms with Crippen LogP contribution in [0.25, 0.3) is 0 Å². The first kappa shape index (κ1) is 14.5. The van der Waals surface area contributed by atoms with Gasteiger partial charge in [-0.1, -0.05) is 0 Å². The van der Waals surface area contributed by atoms with Crippen molar-refractivity contribution >= 4 is 5.82 Å². The van der Waals surface area contributed by atoms with Crippen LogP contribution in [0.15, 0.2) is 10.9 Å². The highest BCUT2D eigenvalue weighted by molar-refractivity contribution is 5.38. The van der Waals surface area contributed by atoms with Crippen LogP contribution < -0.4 is 16.2 Å². The van der Waals surface area contributed by atoms with E-state index in [4.69, 9.17) is 5.73 Å². The van der Waals surface area contributed by atoms with Crippen molar-refractivity contribution in [3.8, 4) is 0 Å². The van der Waals surface area contributed by atoms with E-state index in [2.05, 4.69) is 19.8 Å². The zero-order chi connectivity index (χ0) is 14.7. The summed E-state index contributed by atoms with van der Waals surface area (Å²) in [6.07, 6.45) is 4.46. The average Bonchev–Trinajstić information content (AvgIpc) is 3.31. The summed E-state index contributed by atoms with van der Waals surface area (Å²) in [6, 6.07) is 1.64. The predicted octanol–water partition coefficient (Wildman–Crippen LogP) is 0.508. The van der Waals surface area contributed by atoms with Gasteiger partial charge in [0.05, 0.1) is 0 Å². The molecule has 0 radical (unpaired) electrons. The molecule has 0 bridgehead atoms. The lowest BCUT2D eigenvalue weighted by atomic mass is 10.3. The fraction of sp³-hybridized carbons (Fsp3) is 0.733. The molecule has 6 heteroatoms. The van der Waals surface area contributed by atoms with Crippen LogP contribution in [-0.4, -0.2) is 54.1 Å². The molecular formula is C15H25N5O. The number of H-pyrrole nitrogens is 1. The van der Waals surface area contributed by atoms with E-state index >= 15 is 0 Å². The van der Waals surface area contributed by atoms with Crippen LogP contribution in [0.2, 0.25) is 0 Å². The Morgan fingerprint density at radius 3 is 2.90 bits per heavy atom. The molecule has 0 amide bonds. The highest BCUT2D eigenvalue weighted by Gasteiger charge is 2.27. The van der Waals surface area contributed by atoms with E-state index < -0.39 is 0 Å². The highest BCUT2D eigenvalue weighted by atomic mass is 16.1. The Hall–Kier alpha value is -1.40. The van der Waals surface area contributed by atoms with Crippen molar-refractivity contribution in [2.24, 2.45) is 5.73 Å². The Labute approximate surface area is 125 Å². The number of hydrogen-bond donors (Lipinski definition) is 2. The minimum Gasteiger partial charge on any atom is -0.355 e. The molecule has 2 heterocycles. The molecule has 2 aliphatic rings. The lowest BCUT2D eigenvalue weighted by Crippen LogP contribution is -2.33. The third-order valence-corrected chi connectivity index (χ3v) is 4.30. The summed E-state index contributed by atoms with van der Waals surface area (Å²) in [5, 5.41) is 0. The Balaban J connectivity index is 1.67. The largest absolute Gasteiger partial charge is 0.355 e. The van der Waals surface area contributed by atoms with E-state index in [0.29, 0.717) is 5.92 Å². The van der Waals surface area contributed by atoms with Crippen molar-refractivity contribution in [1.29, 1.82) is 0 Å². The summed E-state index contributed by atoms with van der Waals surface area (Å²) in [6.45, 7) is 5.86. The maximum atomic E-state index is 11.8. The molecular weight excluding hydrogens is 266 g/mol. The molecule has 1 aliphatic carbocycles. The van der Waals surface area contributed by atoms with Crippen LogP contribution in [-0.2, 0) is 0 Å². The topological polar surface area (TPSA) is 78.2 Å². The summed E-state index contributed by atoms with van der Waals surface area (Å²) in [7, 11) is 0. The number of nitrogens with one attached hydrogen (secondary N) is 1. The van der Waals surface area contributed by atoms with Gasteiger partial charge in [0.25, 0.3) is 5.56 Å². The van der Waals surface area contributed by atoms with Gasteiger partial charge in [-0.3, -0.25) is 4.79 Å². The minimum atomic E-state index is -0.0221. The van der Waals surface area contributed by atoms with Crippen molar-refractivity contribution < 1.29 is 0 Å². The third-order valence-electron chi connectivity index (χ3n) is 4.30. The maximum Gasteiger partial charge on any atom is 0.252 e. The van der Waals surface area contributed by atoms with E-state index in [1.165, 1.54) is 0 Å². The third kappa shape index (κ3) is 3.83. The second-order valence-corrected chi connectivity index (χ2v) is 6.09. The fourth-order valence-electron chi connectivity index (χ4n) is 2.91.